The molecule has 0 spiro atoms. The summed E-state index contributed by atoms with van der Waals surface area (Å²) in [6, 6.07) is 11.5. The lowest BCUT2D eigenvalue weighted by molar-refractivity contribution is 0.219. The summed E-state index contributed by atoms with van der Waals surface area (Å²) in [7, 11) is 0. The first-order valence-electron chi connectivity index (χ1n) is 8.47. The number of anilines is 1. The number of fused-ring (bicyclic) bond motifs is 1. The molecule has 0 bridgehead atoms. The van der Waals surface area contributed by atoms with Crippen molar-refractivity contribution >= 4 is 5.82 Å². The fourth-order valence-electron chi connectivity index (χ4n) is 3.14. The van der Waals surface area contributed by atoms with Crippen LogP contribution in [0.1, 0.15) is 5.56 Å². The van der Waals surface area contributed by atoms with Crippen LogP contribution >= 0.6 is 0 Å². The van der Waals surface area contributed by atoms with E-state index in [1.54, 1.807) is 6.20 Å². The van der Waals surface area contributed by atoms with Crippen LogP contribution < -0.4 is 14.4 Å². The molecule has 0 unspecified atom stereocenters. The number of aromatic nitrogens is 1. The molecule has 3 heterocycles. The SMILES string of the molecule is OCc1cccnc1N1CCN(/C=C2/COc3ccccc3O2)CC1. The van der Waals surface area contributed by atoms with Crippen molar-refractivity contribution in [2.24, 2.45) is 0 Å². The summed E-state index contributed by atoms with van der Waals surface area (Å²) in [6.45, 7) is 3.91. The number of para-hydroxylation sites is 2. The van der Waals surface area contributed by atoms with Crippen LogP contribution in [0.15, 0.2) is 54.6 Å². The largest absolute Gasteiger partial charge is 0.482 e. The van der Waals surface area contributed by atoms with Crippen molar-refractivity contribution in [3.05, 3.63) is 60.1 Å². The van der Waals surface area contributed by atoms with Gasteiger partial charge in [-0.15, -0.1) is 0 Å². The molecular weight excluding hydrogens is 318 g/mol. The lowest BCUT2D eigenvalue weighted by atomic mass is 10.2. The number of aliphatic hydroxyl groups excluding tert-OH is 1. The molecule has 25 heavy (non-hydrogen) atoms. The number of benzene rings is 1. The van der Waals surface area contributed by atoms with Crippen molar-refractivity contribution in [2.45, 2.75) is 6.61 Å². The third-order valence-electron chi connectivity index (χ3n) is 4.44. The fraction of sp³-hybridized carbons (Fsp3) is 0.316. The molecule has 6 heteroatoms. The topological polar surface area (TPSA) is 58.1 Å². The smallest absolute Gasteiger partial charge is 0.169 e. The van der Waals surface area contributed by atoms with Gasteiger partial charge in [0.1, 0.15) is 12.4 Å². The molecule has 1 N–H and O–H groups in total. The highest BCUT2D eigenvalue weighted by molar-refractivity contribution is 5.47. The molecule has 0 saturated carbocycles. The number of ether oxygens (including phenoxy) is 2. The van der Waals surface area contributed by atoms with Crippen molar-refractivity contribution in [3.63, 3.8) is 0 Å². The van der Waals surface area contributed by atoms with Crippen molar-refractivity contribution in [3.8, 4) is 11.5 Å². The second-order valence-corrected chi connectivity index (χ2v) is 6.10. The maximum Gasteiger partial charge on any atom is 0.169 e. The van der Waals surface area contributed by atoms with Gasteiger partial charge in [-0.05, 0) is 18.2 Å². The van der Waals surface area contributed by atoms with Crippen LogP contribution in [0, 0.1) is 0 Å². The zero-order valence-electron chi connectivity index (χ0n) is 14.0. The Morgan fingerprint density at radius 1 is 1.04 bits per heavy atom. The molecule has 4 rings (SSSR count). The Morgan fingerprint density at radius 3 is 2.64 bits per heavy atom. The van der Waals surface area contributed by atoms with Gasteiger partial charge in [-0.2, -0.15) is 0 Å². The maximum atomic E-state index is 9.48. The summed E-state index contributed by atoms with van der Waals surface area (Å²) >= 11 is 0. The van der Waals surface area contributed by atoms with E-state index in [9.17, 15) is 5.11 Å². The summed E-state index contributed by atoms with van der Waals surface area (Å²) < 4.78 is 11.6. The predicted octanol–water partition coefficient (Wildman–Crippen LogP) is 2.01. The second-order valence-electron chi connectivity index (χ2n) is 6.10. The van der Waals surface area contributed by atoms with Crippen molar-refractivity contribution in [1.82, 2.24) is 9.88 Å². The monoisotopic (exact) mass is 339 g/mol. The third-order valence-corrected chi connectivity index (χ3v) is 4.44. The highest BCUT2D eigenvalue weighted by Crippen LogP contribution is 2.32. The Kier molecular flexibility index (Phi) is 4.43. The van der Waals surface area contributed by atoms with Gasteiger partial charge in [-0.3, -0.25) is 0 Å². The van der Waals surface area contributed by atoms with Crippen molar-refractivity contribution in [1.29, 1.82) is 0 Å². The Bertz CT molecular complexity index is 770. The van der Waals surface area contributed by atoms with E-state index in [-0.39, 0.29) is 6.61 Å². The van der Waals surface area contributed by atoms with Crippen molar-refractivity contribution < 1.29 is 14.6 Å². The van der Waals surface area contributed by atoms with E-state index in [2.05, 4.69) is 14.8 Å². The molecule has 0 amide bonds. The lowest BCUT2D eigenvalue weighted by Crippen LogP contribution is -2.45. The minimum atomic E-state index is 0.0119. The maximum absolute atomic E-state index is 9.48. The van der Waals surface area contributed by atoms with Gasteiger partial charge in [0.2, 0.25) is 0 Å². The van der Waals surface area contributed by atoms with Gasteiger partial charge in [0.15, 0.2) is 17.3 Å². The van der Waals surface area contributed by atoms with E-state index in [1.165, 1.54) is 0 Å². The minimum absolute atomic E-state index is 0.0119. The number of hydrogen-bond donors (Lipinski definition) is 1. The molecule has 2 aromatic rings. The first-order valence-corrected chi connectivity index (χ1v) is 8.47. The van der Waals surface area contributed by atoms with E-state index in [0.29, 0.717) is 6.61 Å². The number of piperazine rings is 1. The second kappa shape index (κ2) is 7.03. The molecule has 1 aromatic heterocycles. The third kappa shape index (κ3) is 3.39. The van der Waals surface area contributed by atoms with Crippen LogP contribution in [0.4, 0.5) is 5.82 Å². The van der Waals surface area contributed by atoms with Gasteiger partial charge in [0, 0.05) is 44.1 Å². The highest BCUT2D eigenvalue weighted by Gasteiger charge is 2.20. The van der Waals surface area contributed by atoms with Gasteiger partial charge < -0.3 is 24.4 Å². The number of pyridine rings is 1. The Morgan fingerprint density at radius 2 is 1.84 bits per heavy atom. The zero-order chi connectivity index (χ0) is 17.1. The number of hydrogen-bond acceptors (Lipinski definition) is 6. The van der Waals surface area contributed by atoms with Gasteiger partial charge in [-0.25, -0.2) is 4.98 Å². The fourth-order valence-corrected chi connectivity index (χ4v) is 3.14. The molecule has 6 nitrogen and oxygen atoms in total. The van der Waals surface area contributed by atoms with E-state index >= 15 is 0 Å². The zero-order valence-corrected chi connectivity index (χ0v) is 14.0. The van der Waals surface area contributed by atoms with E-state index in [0.717, 1.165) is 54.8 Å². The first kappa shape index (κ1) is 15.8. The standard InChI is InChI=1S/C19H21N3O3/c23-13-15-4-3-7-20-19(15)22-10-8-21(9-11-22)12-16-14-24-17-5-1-2-6-18(17)25-16/h1-7,12,23H,8-11,13-14H2/b16-12-. The quantitative estimate of drug-likeness (QED) is 0.923. The molecule has 130 valence electrons. The summed E-state index contributed by atoms with van der Waals surface area (Å²) in [5.41, 5.74) is 0.870. The molecule has 0 aliphatic carbocycles. The Hall–Kier alpha value is -2.73. The molecular formula is C19H21N3O3. The Balaban J connectivity index is 1.39. The van der Waals surface area contributed by atoms with Gasteiger partial charge in [0.05, 0.1) is 6.61 Å². The molecule has 1 aromatic carbocycles. The van der Waals surface area contributed by atoms with Gasteiger partial charge in [0.25, 0.3) is 0 Å². The van der Waals surface area contributed by atoms with Crippen LogP contribution in [0.5, 0.6) is 11.5 Å². The molecule has 1 fully saturated rings. The van der Waals surface area contributed by atoms with Crippen LogP contribution in [0.25, 0.3) is 0 Å². The van der Waals surface area contributed by atoms with Crippen LogP contribution in [-0.2, 0) is 6.61 Å². The minimum Gasteiger partial charge on any atom is -0.482 e. The van der Waals surface area contributed by atoms with Crippen LogP contribution in [0.2, 0.25) is 0 Å². The number of rotatable bonds is 3. The van der Waals surface area contributed by atoms with E-state index in [4.69, 9.17) is 9.47 Å². The molecule has 0 atom stereocenters. The summed E-state index contributed by atoms with van der Waals surface area (Å²) in [6.07, 6.45) is 3.81. The van der Waals surface area contributed by atoms with Crippen molar-refractivity contribution in [2.75, 3.05) is 37.7 Å². The molecule has 1 saturated heterocycles. The summed E-state index contributed by atoms with van der Waals surface area (Å²) in [5, 5.41) is 9.48. The summed E-state index contributed by atoms with van der Waals surface area (Å²) in [5.74, 6) is 3.25. The molecule has 2 aliphatic rings. The van der Waals surface area contributed by atoms with Gasteiger partial charge >= 0.3 is 0 Å². The lowest BCUT2D eigenvalue weighted by Gasteiger charge is -2.36. The average molecular weight is 339 g/mol. The van der Waals surface area contributed by atoms with Crippen LogP contribution in [-0.4, -0.2) is 47.8 Å². The highest BCUT2D eigenvalue weighted by atomic mass is 16.6. The number of nitrogens with zero attached hydrogens (tertiary/aromatic N) is 3. The van der Waals surface area contributed by atoms with Gasteiger partial charge in [-0.1, -0.05) is 18.2 Å². The summed E-state index contributed by atoms with van der Waals surface area (Å²) in [4.78, 5) is 8.88. The normalized spacial score (nSPS) is 18.5. The first-order chi connectivity index (χ1) is 12.3. The Labute approximate surface area is 146 Å². The average Bonchev–Trinajstić information content (AvgIpc) is 2.68. The molecule has 0 radical (unpaired) electrons. The number of aliphatic hydroxyl groups is 1. The predicted molar refractivity (Wildman–Crippen MR) is 94.6 cm³/mol. The molecule has 2 aliphatic heterocycles. The van der Waals surface area contributed by atoms with E-state index < -0.39 is 0 Å². The van der Waals surface area contributed by atoms with E-state index in [1.807, 2.05) is 42.6 Å². The van der Waals surface area contributed by atoms with Crippen LogP contribution in [0.3, 0.4) is 0 Å².